The molecule has 0 saturated carbocycles. The lowest BCUT2D eigenvalue weighted by Crippen LogP contribution is -2.14. The Kier molecular flexibility index (Phi) is 6.66. The number of benzene rings is 10. The van der Waals surface area contributed by atoms with Gasteiger partial charge < -0.3 is 0 Å². The van der Waals surface area contributed by atoms with Crippen molar-refractivity contribution >= 4 is 74.6 Å². The molecule has 262 valence electrons. The lowest BCUT2D eigenvalue weighted by atomic mass is 9.81. The van der Waals surface area contributed by atoms with Gasteiger partial charge in [0.15, 0.2) is 0 Å². The van der Waals surface area contributed by atoms with Crippen molar-refractivity contribution in [3.05, 3.63) is 193 Å². The normalized spacial score (nSPS) is 13.3. The van der Waals surface area contributed by atoms with E-state index < -0.39 is 0 Å². The predicted molar refractivity (Wildman–Crippen MR) is 243 cm³/mol. The number of hydrogen-bond donors (Lipinski definition) is 0. The summed E-state index contributed by atoms with van der Waals surface area (Å²) < 4.78 is 2.68. The van der Waals surface area contributed by atoms with Gasteiger partial charge in [-0.05, 0) is 129 Å². The molecule has 12 rings (SSSR count). The third-order valence-corrected chi connectivity index (χ3v) is 13.7. The summed E-state index contributed by atoms with van der Waals surface area (Å²) in [7, 11) is 0. The average Bonchev–Trinajstić information content (AvgIpc) is 3.72. The Hall–Kier alpha value is -6.54. The Morgan fingerprint density at radius 3 is 1.55 bits per heavy atom. The lowest BCUT2D eigenvalue weighted by molar-refractivity contribution is 0.662. The molecule has 10 aromatic carbocycles. The first-order valence-corrected chi connectivity index (χ1v) is 20.4. The summed E-state index contributed by atoms with van der Waals surface area (Å²) in [6.45, 7) is 4.79. The molecule has 1 aliphatic carbocycles. The SMILES string of the molecule is CC1(C)c2cc3c(cc2-c2c1ccc1ccccc21)sc1cc(-c2c4ccccc4c(-c4ccc5cc(-c6ccccc6)ccc5c4)c4ccccc24)ccc13. The van der Waals surface area contributed by atoms with Crippen LogP contribution >= 0.6 is 11.3 Å². The van der Waals surface area contributed by atoms with Gasteiger partial charge in [-0.3, -0.25) is 0 Å². The van der Waals surface area contributed by atoms with Crippen molar-refractivity contribution in [2.24, 2.45) is 0 Å². The molecule has 56 heavy (non-hydrogen) atoms. The minimum atomic E-state index is -0.0627. The van der Waals surface area contributed by atoms with E-state index in [0.717, 1.165) is 0 Å². The summed E-state index contributed by atoms with van der Waals surface area (Å²) in [6.07, 6.45) is 0. The molecule has 11 aromatic rings. The zero-order chi connectivity index (χ0) is 37.1. The molecule has 0 radical (unpaired) electrons. The van der Waals surface area contributed by atoms with Crippen molar-refractivity contribution in [2.45, 2.75) is 19.3 Å². The summed E-state index contributed by atoms with van der Waals surface area (Å²) in [5, 5.41) is 13.0. The first kappa shape index (κ1) is 31.8. The van der Waals surface area contributed by atoms with E-state index in [2.05, 4.69) is 196 Å². The van der Waals surface area contributed by atoms with Crippen molar-refractivity contribution in [1.29, 1.82) is 0 Å². The highest BCUT2D eigenvalue weighted by Gasteiger charge is 2.37. The number of thiophene rings is 1. The zero-order valence-electron chi connectivity index (χ0n) is 31.2. The van der Waals surface area contributed by atoms with Crippen LogP contribution in [0.1, 0.15) is 25.0 Å². The van der Waals surface area contributed by atoms with Crippen LogP contribution < -0.4 is 0 Å². The molecular formula is C55H36S. The second-order valence-electron chi connectivity index (χ2n) is 16.0. The monoisotopic (exact) mass is 728 g/mol. The summed E-state index contributed by atoms with van der Waals surface area (Å²) in [4.78, 5) is 0. The van der Waals surface area contributed by atoms with Gasteiger partial charge in [0.1, 0.15) is 0 Å². The van der Waals surface area contributed by atoms with Gasteiger partial charge in [-0.25, -0.2) is 0 Å². The largest absolute Gasteiger partial charge is 0.135 e. The zero-order valence-corrected chi connectivity index (χ0v) is 32.0. The summed E-state index contributed by atoms with van der Waals surface area (Å²) in [5.41, 5.74) is 13.2. The van der Waals surface area contributed by atoms with Crippen molar-refractivity contribution in [3.8, 4) is 44.5 Å². The molecule has 0 atom stereocenters. The Bertz CT molecular complexity index is 3380. The van der Waals surface area contributed by atoms with E-state index in [1.165, 1.54) is 119 Å². The molecule has 1 heteroatoms. The van der Waals surface area contributed by atoms with Crippen LogP contribution in [0, 0.1) is 0 Å². The van der Waals surface area contributed by atoms with E-state index in [-0.39, 0.29) is 5.41 Å². The fourth-order valence-corrected chi connectivity index (χ4v) is 11.1. The number of fused-ring (bicyclic) bond motifs is 11. The minimum absolute atomic E-state index is 0.0627. The molecular weight excluding hydrogens is 693 g/mol. The first-order chi connectivity index (χ1) is 27.5. The molecule has 0 fully saturated rings. The van der Waals surface area contributed by atoms with Crippen molar-refractivity contribution in [3.63, 3.8) is 0 Å². The summed E-state index contributed by atoms with van der Waals surface area (Å²) >= 11 is 1.93. The molecule has 0 amide bonds. The van der Waals surface area contributed by atoms with Gasteiger partial charge in [-0.15, -0.1) is 11.3 Å². The van der Waals surface area contributed by atoms with E-state index >= 15 is 0 Å². The van der Waals surface area contributed by atoms with Crippen LogP contribution in [0.4, 0.5) is 0 Å². The van der Waals surface area contributed by atoms with Gasteiger partial charge in [0.05, 0.1) is 0 Å². The highest BCUT2D eigenvalue weighted by molar-refractivity contribution is 7.25. The second-order valence-corrected chi connectivity index (χ2v) is 17.1. The predicted octanol–water partition coefficient (Wildman–Crippen LogP) is 16.0. The van der Waals surface area contributed by atoms with E-state index in [9.17, 15) is 0 Å². The van der Waals surface area contributed by atoms with Gasteiger partial charge in [-0.1, -0.05) is 166 Å². The molecule has 0 unspecified atom stereocenters. The van der Waals surface area contributed by atoms with Gasteiger partial charge in [0.2, 0.25) is 0 Å². The molecule has 1 heterocycles. The standard InChI is InChI=1S/C55H36S/c1-55(2)48-27-25-34-14-6-7-15-40(34)54(48)47-32-51-46(31-49(47)55)41-26-24-39(30-50(41)56-51)53-44-18-10-8-16-42(44)52(43-17-9-11-19-45(43)53)38-23-22-36-28-35(20-21-37(36)29-38)33-12-4-3-5-13-33/h3-32H,1-2H3. The molecule has 0 aliphatic heterocycles. The summed E-state index contributed by atoms with van der Waals surface area (Å²) in [6, 6.07) is 68.2. The Labute approximate surface area is 329 Å². The molecule has 0 saturated heterocycles. The highest BCUT2D eigenvalue weighted by atomic mass is 32.1. The smallest absolute Gasteiger partial charge is 0.0361 e. The van der Waals surface area contributed by atoms with E-state index in [4.69, 9.17) is 0 Å². The van der Waals surface area contributed by atoms with Gasteiger partial charge in [0, 0.05) is 25.6 Å². The molecule has 0 nitrogen and oxygen atoms in total. The topological polar surface area (TPSA) is 0 Å². The molecule has 0 spiro atoms. The van der Waals surface area contributed by atoms with Crippen LogP contribution in [-0.2, 0) is 5.41 Å². The van der Waals surface area contributed by atoms with Crippen LogP contribution in [0.2, 0.25) is 0 Å². The van der Waals surface area contributed by atoms with E-state index in [0.29, 0.717) is 0 Å². The fraction of sp³-hybridized carbons (Fsp3) is 0.0545. The van der Waals surface area contributed by atoms with E-state index in [1.807, 2.05) is 11.3 Å². The second kappa shape index (κ2) is 11.7. The Morgan fingerprint density at radius 2 is 0.857 bits per heavy atom. The summed E-state index contributed by atoms with van der Waals surface area (Å²) in [5.74, 6) is 0. The van der Waals surface area contributed by atoms with Gasteiger partial charge in [0.25, 0.3) is 0 Å². The minimum Gasteiger partial charge on any atom is -0.135 e. The Morgan fingerprint density at radius 1 is 0.321 bits per heavy atom. The van der Waals surface area contributed by atoms with Crippen molar-refractivity contribution in [2.75, 3.05) is 0 Å². The van der Waals surface area contributed by atoms with Crippen LogP contribution in [0.15, 0.2) is 182 Å². The van der Waals surface area contributed by atoms with Gasteiger partial charge in [-0.2, -0.15) is 0 Å². The van der Waals surface area contributed by atoms with Crippen LogP contribution in [-0.4, -0.2) is 0 Å². The first-order valence-electron chi connectivity index (χ1n) is 19.6. The van der Waals surface area contributed by atoms with Crippen molar-refractivity contribution < 1.29 is 0 Å². The van der Waals surface area contributed by atoms with Crippen LogP contribution in [0.3, 0.4) is 0 Å². The Balaban J connectivity index is 1.03. The molecule has 1 aliphatic rings. The number of hydrogen-bond acceptors (Lipinski definition) is 1. The molecule has 0 bridgehead atoms. The maximum Gasteiger partial charge on any atom is 0.0361 e. The fourth-order valence-electron chi connectivity index (χ4n) is 9.89. The highest BCUT2D eigenvalue weighted by Crippen LogP contribution is 2.54. The maximum absolute atomic E-state index is 2.50. The van der Waals surface area contributed by atoms with E-state index in [1.54, 1.807) is 0 Å². The molecule has 0 N–H and O–H groups in total. The van der Waals surface area contributed by atoms with Gasteiger partial charge >= 0.3 is 0 Å². The van der Waals surface area contributed by atoms with Crippen LogP contribution in [0.5, 0.6) is 0 Å². The molecule has 1 aromatic heterocycles. The average molecular weight is 729 g/mol. The third kappa shape index (κ3) is 4.53. The lowest BCUT2D eigenvalue weighted by Gasteiger charge is -2.21. The maximum atomic E-state index is 2.50. The quantitative estimate of drug-likeness (QED) is 0.159. The number of rotatable bonds is 3. The van der Waals surface area contributed by atoms with Crippen molar-refractivity contribution in [1.82, 2.24) is 0 Å². The van der Waals surface area contributed by atoms with Crippen LogP contribution in [0.25, 0.3) is 108 Å². The third-order valence-electron chi connectivity index (χ3n) is 12.6.